The summed E-state index contributed by atoms with van der Waals surface area (Å²) in [4.78, 5) is 7.31. The van der Waals surface area contributed by atoms with Gasteiger partial charge in [0.15, 0.2) is 0 Å². The van der Waals surface area contributed by atoms with Gasteiger partial charge in [-0.25, -0.2) is 0 Å². The predicted molar refractivity (Wildman–Crippen MR) is 408 cm³/mol. The molecular formula is C88H96O4S4. The molecule has 0 spiro atoms. The van der Waals surface area contributed by atoms with Crippen LogP contribution in [0.3, 0.4) is 0 Å². The van der Waals surface area contributed by atoms with Crippen molar-refractivity contribution < 1.29 is 18.9 Å². The van der Waals surface area contributed by atoms with Crippen molar-refractivity contribution >= 4 is 47.0 Å². The SMILES string of the molecule is CCCCCc1ccc(C#Cc2cc3c(OCCC)c(c2)Sc2cc(C#Cc4ccc(CCCCC)cc4)cc(c2OCCC)Sc2cc(C#Cc4ccc(CCCCC)cc4)cc(c2OCCC)Sc2cc(C#Cc4ccc(CCCCC)cc4)cc(c2OCCC)S3)cc1. The third kappa shape index (κ3) is 22.3. The molecule has 0 saturated heterocycles. The summed E-state index contributed by atoms with van der Waals surface area (Å²) in [6, 6.07) is 52.7. The molecule has 8 bridgehead atoms. The molecule has 0 unspecified atom stereocenters. The summed E-state index contributed by atoms with van der Waals surface area (Å²) in [6.45, 7) is 19.7. The van der Waals surface area contributed by atoms with Gasteiger partial charge in [0.25, 0.3) is 0 Å². The van der Waals surface area contributed by atoms with Crippen LogP contribution in [0.4, 0.5) is 0 Å². The van der Waals surface area contributed by atoms with Gasteiger partial charge in [0.2, 0.25) is 0 Å². The normalized spacial score (nSPS) is 11.4. The molecule has 0 radical (unpaired) electrons. The third-order valence-electron chi connectivity index (χ3n) is 16.3. The Labute approximate surface area is 593 Å². The van der Waals surface area contributed by atoms with Gasteiger partial charge >= 0.3 is 0 Å². The van der Waals surface area contributed by atoms with E-state index in [-0.39, 0.29) is 0 Å². The molecule has 1 heterocycles. The van der Waals surface area contributed by atoms with Crippen LogP contribution in [0.25, 0.3) is 0 Å². The molecule has 0 N–H and O–H groups in total. The van der Waals surface area contributed by atoms with Crippen LogP contribution in [0, 0.1) is 47.4 Å². The van der Waals surface area contributed by atoms with E-state index in [4.69, 9.17) is 18.9 Å². The molecule has 9 rings (SSSR count). The smallest absolute Gasteiger partial charge is 0.147 e. The molecule has 1 aliphatic rings. The van der Waals surface area contributed by atoms with Crippen molar-refractivity contribution in [1.29, 1.82) is 0 Å². The minimum atomic E-state index is 0.508. The molecule has 0 atom stereocenters. The Morgan fingerprint density at radius 3 is 0.562 bits per heavy atom. The zero-order chi connectivity index (χ0) is 67.1. The molecule has 96 heavy (non-hydrogen) atoms. The first-order chi connectivity index (χ1) is 47.2. The summed E-state index contributed by atoms with van der Waals surface area (Å²) in [5.74, 6) is 32.0. The van der Waals surface area contributed by atoms with Crippen molar-refractivity contribution in [3.8, 4) is 70.4 Å². The van der Waals surface area contributed by atoms with Gasteiger partial charge in [-0.05, 0) is 196 Å². The predicted octanol–water partition coefficient (Wildman–Crippen LogP) is 24.3. The van der Waals surface area contributed by atoms with Crippen LogP contribution >= 0.6 is 47.0 Å². The molecule has 0 aromatic heterocycles. The molecule has 8 aromatic carbocycles. The van der Waals surface area contributed by atoms with Gasteiger partial charge in [0.05, 0.1) is 65.6 Å². The van der Waals surface area contributed by atoms with Crippen molar-refractivity contribution in [3.05, 3.63) is 212 Å². The van der Waals surface area contributed by atoms with Gasteiger partial charge < -0.3 is 18.9 Å². The van der Waals surface area contributed by atoms with E-state index in [1.54, 1.807) is 47.0 Å². The number of hydrogen-bond donors (Lipinski definition) is 0. The van der Waals surface area contributed by atoms with Crippen LogP contribution in [0.5, 0.6) is 23.0 Å². The van der Waals surface area contributed by atoms with Crippen LogP contribution in [0.15, 0.2) is 185 Å². The molecule has 8 aromatic rings. The lowest BCUT2D eigenvalue weighted by Gasteiger charge is -2.22. The second kappa shape index (κ2) is 39.7. The number of fused-ring (bicyclic) bond motifs is 8. The first-order valence-electron chi connectivity index (χ1n) is 35.6. The Hall–Kier alpha value is -7.40. The largest absolute Gasteiger partial charge is 0.491 e. The first kappa shape index (κ1) is 72.9. The minimum Gasteiger partial charge on any atom is -0.491 e. The maximum atomic E-state index is 7.09. The number of aryl methyl sites for hydroxylation is 4. The highest BCUT2D eigenvalue weighted by Gasteiger charge is 2.26. The standard InChI is InChI=1S/C88H96O4S4/c1-9-17-21-25-65-29-37-69(38-30-65)45-49-73-57-77-85(89-53-13-5)78(58-73)94-80-60-75(51-47-71-41-33-67(34-42-71)27-23-19-11-3)62-82(87(80)91-55-15-7)96-84-64-76(52-48-72-43-35-68(36-44-72)28-24-20-12-4)63-83(88(84)92-56-16-8)95-81-61-74(59-79(93-77)86(81)90-54-14-6)50-46-70-39-31-66(32-40-70)26-22-18-10-2/h29-44,57-64H,9-28,53-56H2,1-8H3. The maximum Gasteiger partial charge on any atom is 0.147 e. The Morgan fingerprint density at radius 1 is 0.219 bits per heavy atom. The van der Waals surface area contributed by atoms with E-state index in [1.807, 2.05) is 0 Å². The van der Waals surface area contributed by atoms with E-state index in [2.05, 4.69) is 248 Å². The fraction of sp³-hybridized carbons (Fsp3) is 0.364. The average Bonchev–Trinajstić information content (AvgIpc) is 0.783. The molecular weight excluding hydrogens is 1250 g/mol. The molecule has 0 amide bonds. The lowest BCUT2D eigenvalue weighted by Crippen LogP contribution is -2.03. The monoisotopic (exact) mass is 1340 g/mol. The summed E-state index contributed by atoms with van der Waals surface area (Å²) in [5.41, 5.74) is 12.7. The van der Waals surface area contributed by atoms with E-state index in [0.29, 0.717) is 26.4 Å². The Bertz CT molecular complexity index is 3440. The van der Waals surface area contributed by atoms with Crippen molar-refractivity contribution in [2.24, 2.45) is 0 Å². The fourth-order valence-corrected chi connectivity index (χ4v) is 15.8. The van der Waals surface area contributed by atoms with Gasteiger partial charge in [-0.2, -0.15) is 0 Å². The molecule has 0 fully saturated rings. The summed E-state index contributed by atoms with van der Waals surface area (Å²) in [6.07, 6.45) is 22.0. The van der Waals surface area contributed by atoms with Crippen LogP contribution in [0.2, 0.25) is 0 Å². The van der Waals surface area contributed by atoms with Gasteiger partial charge in [-0.15, -0.1) is 0 Å². The maximum absolute atomic E-state index is 7.09. The lowest BCUT2D eigenvalue weighted by atomic mass is 10.1. The Balaban J connectivity index is 1.31. The Kier molecular flexibility index (Phi) is 30.1. The van der Waals surface area contributed by atoms with Crippen molar-refractivity contribution in [1.82, 2.24) is 0 Å². The van der Waals surface area contributed by atoms with Gasteiger partial charge in [-0.3, -0.25) is 0 Å². The third-order valence-corrected chi connectivity index (χ3v) is 20.4. The van der Waals surface area contributed by atoms with Gasteiger partial charge in [0, 0.05) is 44.5 Å². The highest BCUT2D eigenvalue weighted by molar-refractivity contribution is 8.01. The molecule has 8 heteroatoms. The summed E-state index contributed by atoms with van der Waals surface area (Å²) >= 11 is 6.57. The zero-order valence-electron chi connectivity index (χ0n) is 58.1. The van der Waals surface area contributed by atoms with E-state index < -0.39 is 0 Å². The summed E-state index contributed by atoms with van der Waals surface area (Å²) in [7, 11) is 0. The first-order valence-corrected chi connectivity index (χ1v) is 38.8. The molecule has 1 aliphatic heterocycles. The van der Waals surface area contributed by atoms with Crippen LogP contribution < -0.4 is 18.9 Å². The number of ether oxygens (including phenoxy) is 4. The highest BCUT2D eigenvalue weighted by atomic mass is 32.2. The second-order valence-electron chi connectivity index (χ2n) is 24.6. The van der Waals surface area contributed by atoms with E-state index in [1.165, 1.54) is 99.3 Å². The molecule has 4 nitrogen and oxygen atoms in total. The molecule has 0 aliphatic carbocycles. The summed E-state index contributed by atoms with van der Waals surface area (Å²) in [5, 5.41) is 0. The van der Waals surface area contributed by atoms with Crippen LogP contribution in [-0.2, 0) is 25.7 Å². The van der Waals surface area contributed by atoms with E-state index >= 15 is 0 Å². The number of hydrogen-bond acceptors (Lipinski definition) is 8. The van der Waals surface area contributed by atoms with Crippen LogP contribution in [-0.4, -0.2) is 26.4 Å². The van der Waals surface area contributed by atoms with Gasteiger partial charge in [-0.1, -0.05) is 250 Å². The summed E-state index contributed by atoms with van der Waals surface area (Å²) < 4.78 is 28.3. The second-order valence-corrected chi connectivity index (χ2v) is 29.0. The zero-order valence-corrected chi connectivity index (χ0v) is 61.4. The number of benzene rings is 8. The van der Waals surface area contributed by atoms with E-state index in [9.17, 15) is 0 Å². The van der Waals surface area contributed by atoms with Crippen LogP contribution in [0.1, 0.15) is 225 Å². The fourth-order valence-electron chi connectivity index (χ4n) is 11.0. The molecule has 0 saturated carbocycles. The molecule has 496 valence electrons. The van der Waals surface area contributed by atoms with Crippen molar-refractivity contribution in [2.75, 3.05) is 26.4 Å². The van der Waals surface area contributed by atoms with Crippen molar-refractivity contribution in [2.45, 2.75) is 223 Å². The topological polar surface area (TPSA) is 36.9 Å². The number of unbranched alkanes of at least 4 members (excludes halogenated alkanes) is 8. The lowest BCUT2D eigenvalue weighted by molar-refractivity contribution is 0.299. The highest BCUT2D eigenvalue weighted by Crippen LogP contribution is 2.55. The average molecular weight is 1350 g/mol. The minimum absolute atomic E-state index is 0.508. The Morgan fingerprint density at radius 2 is 0.396 bits per heavy atom. The van der Waals surface area contributed by atoms with Crippen molar-refractivity contribution in [3.63, 3.8) is 0 Å². The quantitative estimate of drug-likeness (QED) is 0.0355. The number of rotatable bonds is 28. The van der Waals surface area contributed by atoms with E-state index in [0.717, 1.165) is 158 Å². The van der Waals surface area contributed by atoms with Gasteiger partial charge in [0.1, 0.15) is 23.0 Å².